The first-order chi connectivity index (χ1) is 9.61. The summed E-state index contributed by atoms with van der Waals surface area (Å²) in [5.74, 6) is 0. The van der Waals surface area contributed by atoms with E-state index in [1.165, 1.54) is 16.0 Å². The van der Waals surface area contributed by atoms with Crippen LogP contribution in [0.15, 0.2) is 34.3 Å². The SMILES string of the molecule is CCNCc1ccccc1Sc1nc(C)c(C)c(C)n1. The van der Waals surface area contributed by atoms with E-state index >= 15 is 0 Å². The molecule has 1 N–H and O–H groups in total. The monoisotopic (exact) mass is 287 g/mol. The van der Waals surface area contributed by atoms with Crippen molar-refractivity contribution in [2.75, 3.05) is 6.54 Å². The Bertz CT molecular complexity index is 573. The normalized spacial score (nSPS) is 10.8. The highest BCUT2D eigenvalue weighted by atomic mass is 32.2. The van der Waals surface area contributed by atoms with Crippen LogP contribution in [-0.4, -0.2) is 16.5 Å². The van der Waals surface area contributed by atoms with Gasteiger partial charge in [-0.15, -0.1) is 0 Å². The van der Waals surface area contributed by atoms with Crippen LogP contribution in [0.3, 0.4) is 0 Å². The van der Waals surface area contributed by atoms with E-state index in [1.54, 1.807) is 11.8 Å². The van der Waals surface area contributed by atoms with Gasteiger partial charge in [-0.25, -0.2) is 9.97 Å². The summed E-state index contributed by atoms with van der Waals surface area (Å²) in [6.45, 7) is 10.1. The number of hydrogen-bond acceptors (Lipinski definition) is 4. The fourth-order valence-corrected chi connectivity index (χ4v) is 2.87. The van der Waals surface area contributed by atoms with Gasteiger partial charge in [-0.2, -0.15) is 0 Å². The van der Waals surface area contributed by atoms with E-state index in [0.29, 0.717) is 0 Å². The van der Waals surface area contributed by atoms with Crippen molar-refractivity contribution in [3.05, 3.63) is 46.8 Å². The summed E-state index contributed by atoms with van der Waals surface area (Å²) in [5, 5.41) is 4.20. The zero-order chi connectivity index (χ0) is 14.5. The molecule has 3 nitrogen and oxygen atoms in total. The molecular formula is C16H21N3S. The third-order valence-electron chi connectivity index (χ3n) is 3.35. The molecule has 106 valence electrons. The molecule has 0 radical (unpaired) electrons. The van der Waals surface area contributed by atoms with E-state index in [0.717, 1.165) is 29.6 Å². The second-order valence-electron chi connectivity index (χ2n) is 4.79. The predicted octanol–water partition coefficient (Wildman–Crippen LogP) is 3.66. The van der Waals surface area contributed by atoms with Gasteiger partial charge < -0.3 is 5.32 Å². The molecule has 2 aromatic rings. The summed E-state index contributed by atoms with van der Waals surface area (Å²) < 4.78 is 0. The zero-order valence-corrected chi connectivity index (χ0v) is 13.3. The minimum absolute atomic E-state index is 0.828. The average molecular weight is 287 g/mol. The average Bonchev–Trinajstić information content (AvgIpc) is 2.44. The molecule has 0 saturated carbocycles. The number of aryl methyl sites for hydroxylation is 2. The van der Waals surface area contributed by atoms with Gasteiger partial charge in [-0.3, -0.25) is 0 Å². The van der Waals surface area contributed by atoms with Crippen LogP contribution < -0.4 is 5.32 Å². The lowest BCUT2D eigenvalue weighted by Gasteiger charge is -2.10. The molecule has 1 aromatic heterocycles. The van der Waals surface area contributed by atoms with Crippen molar-refractivity contribution < 1.29 is 0 Å². The van der Waals surface area contributed by atoms with E-state index in [-0.39, 0.29) is 0 Å². The number of rotatable bonds is 5. The quantitative estimate of drug-likeness (QED) is 0.852. The molecule has 1 heterocycles. The Morgan fingerprint density at radius 1 is 1.05 bits per heavy atom. The van der Waals surface area contributed by atoms with Gasteiger partial charge in [0.05, 0.1) is 0 Å². The summed E-state index contributed by atoms with van der Waals surface area (Å²) >= 11 is 1.64. The van der Waals surface area contributed by atoms with Gasteiger partial charge in [0.15, 0.2) is 5.16 Å². The maximum Gasteiger partial charge on any atom is 0.192 e. The molecule has 0 unspecified atom stereocenters. The molecule has 0 bridgehead atoms. The smallest absolute Gasteiger partial charge is 0.192 e. The molecule has 0 aliphatic heterocycles. The van der Waals surface area contributed by atoms with E-state index < -0.39 is 0 Å². The second-order valence-corrected chi connectivity index (χ2v) is 5.80. The largest absolute Gasteiger partial charge is 0.313 e. The van der Waals surface area contributed by atoms with Gasteiger partial charge in [0.25, 0.3) is 0 Å². The Morgan fingerprint density at radius 3 is 2.35 bits per heavy atom. The molecule has 0 fully saturated rings. The lowest BCUT2D eigenvalue weighted by atomic mass is 10.2. The van der Waals surface area contributed by atoms with Crippen molar-refractivity contribution in [2.45, 2.75) is 44.3 Å². The second kappa shape index (κ2) is 6.86. The van der Waals surface area contributed by atoms with Gasteiger partial charge in [0.2, 0.25) is 0 Å². The van der Waals surface area contributed by atoms with Crippen LogP contribution in [-0.2, 0) is 6.54 Å². The van der Waals surface area contributed by atoms with E-state index in [4.69, 9.17) is 0 Å². The number of nitrogens with one attached hydrogen (secondary N) is 1. The van der Waals surface area contributed by atoms with Crippen LogP contribution in [0.25, 0.3) is 0 Å². The Kier molecular flexibility index (Phi) is 5.15. The lowest BCUT2D eigenvalue weighted by Crippen LogP contribution is -2.12. The minimum atomic E-state index is 0.828. The van der Waals surface area contributed by atoms with Crippen molar-refractivity contribution >= 4 is 11.8 Å². The third-order valence-corrected chi connectivity index (χ3v) is 4.33. The molecule has 0 saturated heterocycles. The highest BCUT2D eigenvalue weighted by Crippen LogP contribution is 2.28. The molecule has 4 heteroatoms. The van der Waals surface area contributed by atoms with Crippen molar-refractivity contribution in [3.63, 3.8) is 0 Å². The maximum absolute atomic E-state index is 4.58. The molecule has 0 amide bonds. The maximum atomic E-state index is 4.58. The van der Waals surface area contributed by atoms with Crippen molar-refractivity contribution in [3.8, 4) is 0 Å². The van der Waals surface area contributed by atoms with Gasteiger partial charge in [-0.05, 0) is 56.3 Å². The topological polar surface area (TPSA) is 37.8 Å². The Labute approximate surface area is 125 Å². The van der Waals surface area contributed by atoms with Crippen molar-refractivity contribution in [2.24, 2.45) is 0 Å². The number of aromatic nitrogens is 2. The molecule has 1 aromatic carbocycles. The predicted molar refractivity (Wildman–Crippen MR) is 84.2 cm³/mol. The van der Waals surface area contributed by atoms with Gasteiger partial charge in [0.1, 0.15) is 0 Å². The Balaban J connectivity index is 2.26. The van der Waals surface area contributed by atoms with Crippen LogP contribution in [0.5, 0.6) is 0 Å². The van der Waals surface area contributed by atoms with E-state index in [2.05, 4.69) is 53.4 Å². The number of benzene rings is 1. The first-order valence-corrected chi connectivity index (χ1v) is 7.71. The van der Waals surface area contributed by atoms with Crippen LogP contribution in [0.4, 0.5) is 0 Å². The minimum Gasteiger partial charge on any atom is -0.313 e. The van der Waals surface area contributed by atoms with Crippen molar-refractivity contribution in [1.82, 2.24) is 15.3 Å². The summed E-state index contributed by atoms with van der Waals surface area (Å²) in [6.07, 6.45) is 0. The molecular weight excluding hydrogens is 266 g/mol. The first-order valence-electron chi connectivity index (χ1n) is 6.90. The first kappa shape index (κ1) is 15.0. The van der Waals surface area contributed by atoms with Crippen LogP contribution in [0.1, 0.15) is 29.4 Å². The molecule has 0 aliphatic carbocycles. The molecule has 0 aliphatic rings. The van der Waals surface area contributed by atoms with Gasteiger partial charge >= 0.3 is 0 Å². The van der Waals surface area contributed by atoms with Crippen LogP contribution in [0.2, 0.25) is 0 Å². The number of hydrogen-bond donors (Lipinski definition) is 1. The summed E-state index contributed by atoms with van der Waals surface area (Å²) in [5.41, 5.74) is 4.59. The summed E-state index contributed by atoms with van der Waals surface area (Å²) in [4.78, 5) is 10.4. The van der Waals surface area contributed by atoms with Crippen LogP contribution >= 0.6 is 11.8 Å². The highest BCUT2D eigenvalue weighted by molar-refractivity contribution is 7.99. The molecule has 0 spiro atoms. The Morgan fingerprint density at radius 2 is 1.70 bits per heavy atom. The third kappa shape index (κ3) is 3.58. The summed E-state index contributed by atoms with van der Waals surface area (Å²) in [7, 11) is 0. The summed E-state index contributed by atoms with van der Waals surface area (Å²) in [6, 6.07) is 8.42. The fraction of sp³-hybridized carbons (Fsp3) is 0.375. The zero-order valence-electron chi connectivity index (χ0n) is 12.5. The standard InChI is InChI=1S/C16H21N3S/c1-5-17-10-14-8-6-7-9-15(14)20-16-18-12(3)11(2)13(4)19-16/h6-9,17H,5,10H2,1-4H3. The highest BCUT2D eigenvalue weighted by Gasteiger charge is 2.08. The lowest BCUT2D eigenvalue weighted by molar-refractivity contribution is 0.717. The van der Waals surface area contributed by atoms with Gasteiger partial charge in [0, 0.05) is 22.8 Å². The van der Waals surface area contributed by atoms with Gasteiger partial charge in [-0.1, -0.05) is 25.1 Å². The molecule has 20 heavy (non-hydrogen) atoms. The molecule has 2 rings (SSSR count). The Hall–Kier alpha value is -1.39. The van der Waals surface area contributed by atoms with Crippen molar-refractivity contribution in [1.29, 1.82) is 0 Å². The molecule has 0 atom stereocenters. The van der Waals surface area contributed by atoms with Crippen LogP contribution in [0, 0.1) is 20.8 Å². The fourth-order valence-electron chi connectivity index (χ4n) is 1.89. The van der Waals surface area contributed by atoms with E-state index in [1.807, 2.05) is 13.8 Å². The number of nitrogens with zero attached hydrogens (tertiary/aromatic N) is 2. The van der Waals surface area contributed by atoms with E-state index in [9.17, 15) is 0 Å².